The third-order valence-corrected chi connectivity index (χ3v) is 11.5. The van der Waals surface area contributed by atoms with Gasteiger partial charge in [-0.1, -0.05) is 54.6 Å². The fraction of sp³-hybridized carbons (Fsp3) is 0.0833. The van der Waals surface area contributed by atoms with Crippen molar-refractivity contribution in [2.45, 2.75) is 27.2 Å². The number of non-ortho nitro benzene ring substituents is 2. The van der Waals surface area contributed by atoms with E-state index >= 15 is 0 Å². The number of hydrogen-bond donors (Lipinski definition) is 0. The second kappa shape index (κ2) is 18.4. The average molecular weight is 958 g/mol. The molecule has 7 aromatic rings. The number of aliphatic imine (C=N–C) groups is 2. The summed E-state index contributed by atoms with van der Waals surface area (Å²) in [5.74, 6) is 0. The lowest BCUT2D eigenvalue weighted by Crippen LogP contribution is -2.02. The number of nitrogens with zero attached hydrogens (tertiary/aromatic N) is 9. The first-order chi connectivity index (χ1) is 33.7. The maximum atomic E-state index is 11.9. The van der Waals surface area contributed by atoms with Crippen LogP contribution in [-0.4, -0.2) is 45.9 Å². The van der Waals surface area contributed by atoms with Crippen molar-refractivity contribution in [1.29, 1.82) is 0 Å². The van der Waals surface area contributed by atoms with E-state index in [-0.39, 0.29) is 67.4 Å². The third-order valence-electron chi connectivity index (χ3n) is 11.5. The van der Waals surface area contributed by atoms with Crippen LogP contribution in [-0.2, 0) is 6.42 Å². The molecule has 0 heterocycles. The van der Waals surface area contributed by atoms with Crippen LogP contribution < -0.4 is 0 Å². The van der Waals surface area contributed by atoms with E-state index in [0.29, 0.717) is 34.4 Å². The molecule has 23 heteroatoms. The van der Waals surface area contributed by atoms with E-state index in [2.05, 4.69) is 9.98 Å². The second-order valence-corrected chi connectivity index (χ2v) is 16.2. The maximum absolute atomic E-state index is 11.9. The molecule has 2 aliphatic carbocycles. The predicted octanol–water partition coefficient (Wildman–Crippen LogP) is 11.5. The molecule has 0 aliphatic heterocycles. The molecule has 7 aromatic carbocycles. The van der Waals surface area contributed by atoms with Crippen molar-refractivity contribution in [2.24, 2.45) is 9.98 Å². The maximum Gasteiger partial charge on any atom is 0.295 e. The summed E-state index contributed by atoms with van der Waals surface area (Å²) >= 11 is 0. The fourth-order valence-corrected chi connectivity index (χ4v) is 8.57. The number of aryl methyl sites for hydroxylation is 3. The molecule has 0 amide bonds. The average Bonchev–Trinajstić information content (AvgIpc) is 3.80. The highest BCUT2D eigenvalue weighted by atomic mass is 16.7. The zero-order chi connectivity index (χ0) is 51.2. The Hall–Kier alpha value is -10.3. The summed E-state index contributed by atoms with van der Waals surface area (Å²) < 4.78 is 0. The van der Waals surface area contributed by atoms with Crippen LogP contribution in [0.1, 0.15) is 50.1 Å². The Morgan fingerprint density at radius 2 is 0.775 bits per heavy atom. The van der Waals surface area contributed by atoms with Crippen LogP contribution in [0.25, 0.3) is 22.3 Å². The zero-order valence-corrected chi connectivity index (χ0v) is 37.0. The van der Waals surface area contributed by atoms with Gasteiger partial charge in [-0.15, -0.1) is 0 Å². The summed E-state index contributed by atoms with van der Waals surface area (Å²) in [4.78, 5) is 86.1. The molecule has 0 saturated heterocycles. The normalized spacial score (nSPS) is 12.8. The topological polar surface area (TPSA) is 327 Å². The first kappa shape index (κ1) is 47.2. The number of hydrogen-bond acceptors (Lipinski definition) is 16. The minimum Gasteiger partial charge on any atom is -0.258 e. The molecular formula is C48H31N9O14. The van der Waals surface area contributed by atoms with Crippen molar-refractivity contribution in [2.75, 3.05) is 0 Å². The van der Waals surface area contributed by atoms with E-state index < -0.39 is 62.9 Å². The molecule has 9 rings (SSSR count). The van der Waals surface area contributed by atoms with Gasteiger partial charge in [-0.05, 0) is 79.3 Å². The Balaban J connectivity index is 0.000000191. The van der Waals surface area contributed by atoms with E-state index in [1.54, 1.807) is 45.0 Å². The summed E-state index contributed by atoms with van der Waals surface area (Å²) in [7, 11) is 0. The standard InChI is InChI=1S/C27H18N4O6.C21H13N5O8/c1-16-11-21-25(23(12-16)30(34)35)26-22(14-20(29(32)33)15-24(26)31(36)37)27(21)28-19-9-7-18(8-10-19)13-17-5-3-2-4-6-17;1-10-6-13-18(16(7-10)25(31)32)19-14(8-12(23(27)28)9-17(19)26(33)34)21(13)22-20-11(2)4-3-5-15(20)24(29)30/h2-12,14-15H,13H2,1H3;3-9H,1-2H3. The predicted molar refractivity (Wildman–Crippen MR) is 257 cm³/mol. The Kier molecular flexibility index (Phi) is 12.2. The van der Waals surface area contributed by atoms with Crippen LogP contribution in [0.3, 0.4) is 0 Å². The summed E-state index contributed by atoms with van der Waals surface area (Å²) in [6.07, 6.45) is 0.715. The van der Waals surface area contributed by atoms with Crippen molar-refractivity contribution in [3.8, 4) is 22.3 Å². The third kappa shape index (κ3) is 8.86. The Labute approximate surface area is 397 Å². The molecule has 0 atom stereocenters. The first-order valence-corrected chi connectivity index (χ1v) is 20.8. The molecule has 2 aliphatic rings. The number of nitro groups is 7. The van der Waals surface area contributed by atoms with Crippen molar-refractivity contribution in [1.82, 2.24) is 0 Å². The molecule has 0 spiro atoms. The number of para-hydroxylation sites is 1. The highest BCUT2D eigenvalue weighted by Crippen LogP contribution is 2.52. The monoisotopic (exact) mass is 957 g/mol. The minimum absolute atomic E-state index is 0.0339. The second-order valence-electron chi connectivity index (χ2n) is 16.2. The molecule has 0 bridgehead atoms. The van der Waals surface area contributed by atoms with Gasteiger partial charge < -0.3 is 0 Å². The van der Waals surface area contributed by atoms with Crippen LogP contribution in [0.15, 0.2) is 131 Å². The highest BCUT2D eigenvalue weighted by Gasteiger charge is 2.42. The van der Waals surface area contributed by atoms with Gasteiger partial charge in [-0.2, -0.15) is 0 Å². The van der Waals surface area contributed by atoms with Gasteiger partial charge in [0.2, 0.25) is 0 Å². The van der Waals surface area contributed by atoms with E-state index in [4.69, 9.17) is 0 Å². The van der Waals surface area contributed by atoms with E-state index in [0.717, 1.165) is 29.3 Å². The molecule has 0 unspecified atom stereocenters. The Morgan fingerprint density at radius 1 is 0.380 bits per heavy atom. The molecule has 0 aromatic heterocycles. The molecular weight excluding hydrogens is 927 g/mol. The van der Waals surface area contributed by atoms with Gasteiger partial charge in [0.05, 0.1) is 86.0 Å². The SMILES string of the molecule is Cc1cc2c(c([N+](=O)[O-])c1)-c1c(cc([N+](=O)[O-])cc1[N+](=O)[O-])C2=Nc1c(C)cccc1[N+](=O)[O-].Cc1cc2c(c([N+](=O)[O-])c1)-c1c(cc([N+](=O)[O-])cc1[N+](=O)[O-])C2=Nc1ccc(Cc2ccccc2)cc1. The van der Waals surface area contributed by atoms with Crippen LogP contribution in [0.4, 0.5) is 51.2 Å². The number of benzene rings is 7. The van der Waals surface area contributed by atoms with Crippen LogP contribution >= 0.6 is 0 Å². The van der Waals surface area contributed by atoms with Gasteiger partial charge in [-0.25, -0.2) is 9.98 Å². The molecule has 0 saturated carbocycles. The molecule has 71 heavy (non-hydrogen) atoms. The van der Waals surface area contributed by atoms with Crippen molar-refractivity contribution in [3.05, 3.63) is 242 Å². The quantitative estimate of drug-likeness (QED) is 0.0859. The van der Waals surface area contributed by atoms with Crippen molar-refractivity contribution in [3.63, 3.8) is 0 Å². The summed E-state index contributed by atoms with van der Waals surface area (Å²) in [6, 6.07) is 31.0. The van der Waals surface area contributed by atoms with Crippen molar-refractivity contribution >= 4 is 62.6 Å². The molecule has 0 fully saturated rings. The van der Waals surface area contributed by atoms with Gasteiger partial charge in [0.15, 0.2) is 0 Å². The fourth-order valence-electron chi connectivity index (χ4n) is 8.57. The van der Waals surface area contributed by atoms with Crippen molar-refractivity contribution < 1.29 is 34.5 Å². The molecule has 0 N–H and O–H groups in total. The smallest absolute Gasteiger partial charge is 0.258 e. The van der Waals surface area contributed by atoms with Gasteiger partial charge >= 0.3 is 0 Å². The summed E-state index contributed by atoms with van der Waals surface area (Å²) in [6.45, 7) is 4.81. The van der Waals surface area contributed by atoms with Gasteiger partial charge in [0.1, 0.15) is 5.69 Å². The summed E-state index contributed by atoms with van der Waals surface area (Å²) in [5, 5.41) is 82.2. The highest BCUT2D eigenvalue weighted by molar-refractivity contribution is 6.29. The van der Waals surface area contributed by atoms with E-state index in [1.807, 2.05) is 42.5 Å². The lowest BCUT2D eigenvalue weighted by Gasteiger charge is -2.06. The molecule has 352 valence electrons. The first-order valence-electron chi connectivity index (χ1n) is 20.8. The lowest BCUT2D eigenvalue weighted by molar-refractivity contribution is -0.394. The van der Waals surface area contributed by atoms with Gasteiger partial charge in [-0.3, -0.25) is 70.8 Å². The zero-order valence-electron chi connectivity index (χ0n) is 37.0. The number of rotatable bonds is 11. The molecule has 0 radical (unpaired) electrons. The van der Waals surface area contributed by atoms with Crippen LogP contribution in [0.2, 0.25) is 0 Å². The molecule has 23 nitrogen and oxygen atoms in total. The summed E-state index contributed by atoms with van der Waals surface area (Å²) in [5.41, 5.74) is 0.725. The number of fused-ring (bicyclic) bond motifs is 6. The van der Waals surface area contributed by atoms with E-state index in [9.17, 15) is 70.8 Å². The van der Waals surface area contributed by atoms with Gasteiger partial charge in [0.25, 0.3) is 39.8 Å². The minimum atomic E-state index is -0.863. The Morgan fingerprint density at radius 3 is 1.20 bits per heavy atom. The van der Waals surface area contributed by atoms with Gasteiger partial charge in [0, 0.05) is 52.6 Å². The Bertz CT molecular complexity index is 3590. The van der Waals surface area contributed by atoms with Crippen LogP contribution in [0, 0.1) is 91.6 Å². The van der Waals surface area contributed by atoms with E-state index in [1.165, 1.54) is 36.4 Å². The van der Waals surface area contributed by atoms with Crippen LogP contribution in [0.5, 0.6) is 0 Å². The lowest BCUT2D eigenvalue weighted by atomic mass is 10.00. The number of nitro benzene ring substituents is 7. The largest absolute Gasteiger partial charge is 0.295 e.